The van der Waals surface area contributed by atoms with Crippen LogP contribution in [-0.2, 0) is 19.5 Å². The van der Waals surface area contributed by atoms with E-state index in [-0.39, 0.29) is 31.1 Å². The van der Waals surface area contributed by atoms with Gasteiger partial charge in [0.25, 0.3) is 0 Å². The molecule has 1 aliphatic carbocycles. The molecule has 1 aliphatic heterocycles. The lowest BCUT2D eigenvalue weighted by molar-refractivity contribution is 0.0526. The van der Waals surface area contributed by atoms with E-state index in [2.05, 4.69) is 5.32 Å². The summed E-state index contributed by atoms with van der Waals surface area (Å²) >= 11 is 0. The number of amides is 1. The maximum absolute atomic E-state index is 13.2. The number of aryl methyl sites for hydroxylation is 1. The third-order valence-corrected chi connectivity index (χ3v) is 8.28. The number of esters is 1. The zero-order chi connectivity index (χ0) is 23.6. The molecule has 1 heterocycles. The predicted molar refractivity (Wildman–Crippen MR) is 122 cm³/mol. The number of anilines is 1. The normalized spacial score (nSPS) is 22.2. The molecule has 2 fully saturated rings. The Morgan fingerprint density at radius 3 is 2.58 bits per heavy atom. The highest BCUT2D eigenvalue weighted by Crippen LogP contribution is 2.45. The molecule has 0 spiro atoms. The van der Waals surface area contributed by atoms with Crippen molar-refractivity contribution in [3.05, 3.63) is 59.7 Å². The number of carbonyl (C=O) groups excluding carboxylic acids is 2. The minimum Gasteiger partial charge on any atom is -0.462 e. The highest BCUT2D eigenvalue weighted by Gasteiger charge is 2.51. The Kier molecular flexibility index (Phi) is 6.71. The number of benzene rings is 2. The second-order valence-corrected chi connectivity index (χ2v) is 10.4. The number of nitrogens with zero attached hydrogens (tertiary/aromatic N) is 1. The quantitative estimate of drug-likeness (QED) is 0.615. The Morgan fingerprint density at radius 1 is 1.09 bits per heavy atom. The third kappa shape index (κ3) is 4.89. The average Bonchev–Trinajstić information content (AvgIpc) is 3.36. The van der Waals surface area contributed by atoms with Crippen LogP contribution in [0, 0.1) is 18.8 Å². The molecule has 1 saturated carbocycles. The first kappa shape index (κ1) is 23.3. The summed E-state index contributed by atoms with van der Waals surface area (Å²) in [7, 11) is -3.59. The zero-order valence-corrected chi connectivity index (χ0v) is 19.5. The fourth-order valence-electron chi connectivity index (χ4n) is 4.71. The van der Waals surface area contributed by atoms with Gasteiger partial charge in [0, 0.05) is 24.2 Å². The van der Waals surface area contributed by atoms with E-state index in [1.165, 1.54) is 6.07 Å². The van der Waals surface area contributed by atoms with Crippen LogP contribution in [-0.4, -0.2) is 50.6 Å². The summed E-state index contributed by atoms with van der Waals surface area (Å²) in [4.78, 5) is 24.5. The van der Waals surface area contributed by atoms with Gasteiger partial charge in [-0.05, 0) is 62.9 Å². The van der Waals surface area contributed by atoms with Gasteiger partial charge in [-0.25, -0.2) is 18.0 Å². The molecule has 176 valence electrons. The van der Waals surface area contributed by atoms with E-state index in [1.807, 2.05) is 6.92 Å². The van der Waals surface area contributed by atoms with E-state index in [0.29, 0.717) is 22.7 Å². The molecule has 2 aromatic rings. The molecule has 3 atom stereocenters. The van der Waals surface area contributed by atoms with Gasteiger partial charge in [-0.2, -0.15) is 4.31 Å². The number of fused-ring (bicyclic) bond motifs is 2. The highest BCUT2D eigenvalue weighted by molar-refractivity contribution is 7.89. The van der Waals surface area contributed by atoms with E-state index in [0.717, 1.165) is 18.4 Å². The first-order valence-electron chi connectivity index (χ1n) is 11.1. The van der Waals surface area contributed by atoms with Crippen molar-refractivity contribution < 1.29 is 27.5 Å². The molecule has 0 aromatic heterocycles. The van der Waals surface area contributed by atoms with Gasteiger partial charge in [0.15, 0.2) is 0 Å². The monoisotopic (exact) mass is 472 g/mol. The molecule has 1 amide bonds. The number of carbonyl (C=O) groups is 2. The predicted octanol–water partition coefficient (Wildman–Crippen LogP) is 3.82. The Bertz CT molecular complexity index is 1130. The minimum atomic E-state index is -3.59. The number of hydrogen-bond acceptors (Lipinski definition) is 6. The second kappa shape index (κ2) is 9.52. The Balaban J connectivity index is 1.37. The molecular formula is C24H28N2O6S. The van der Waals surface area contributed by atoms with Crippen LogP contribution in [0.15, 0.2) is 53.4 Å². The molecule has 9 heteroatoms. The van der Waals surface area contributed by atoms with Crippen molar-refractivity contribution in [2.24, 2.45) is 11.8 Å². The lowest BCUT2D eigenvalue weighted by Gasteiger charge is -2.26. The van der Waals surface area contributed by atoms with Crippen LogP contribution >= 0.6 is 0 Å². The molecule has 2 bridgehead atoms. The number of piperidine rings is 1. The summed E-state index contributed by atoms with van der Waals surface area (Å²) in [5.41, 5.74) is 1.76. The van der Waals surface area contributed by atoms with Gasteiger partial charge in [-0.1, -0.05) is 23.8 Å². The van der Waals surface area contributed by atoms with Crippen LogP contribution in [0.4, 0.5) is 10.5 Å². The van der Waals surface area contributed by atoms with Crippen molar-refractivity contribution >= 4 is 27.8 Å². The number of hydrogen-bond donors (Lipinski definition) is 1. The highest BCUT2D eigenvalue weighted by atomic mass is 32.2. The molecule has 1 N–H and O–H groups in total. The summed E-state index contributed by atoms with van der Waals surface area (Å²) < 4.78 is 38.3. The van der Waals surface area contributed by atoms with Crippen molar-refractivity contribution in [1.82, 2.24) is 4.31 Å². The van der Waals surface area contributed by atoms with E-state index >= 15 is 0 Å². The second-order valence-electron chi connectivity index (χ2n) is 8.48. The maximum atomic E-state index is 13.2. The summed E-state index contributed by atoms with van der Waals surface area (Å²) in [6.07, 6.45) is 1.03. The van der Waals surface area contributed by atoms with E-state index in [1.54, 1.807) is 53.7 Å². The topological polar surface area (TPSA) is 102 Å². The standard InChI is InChI=1S/C24H28N2O6S/c1-3-31-23(27)17-5-4-6-19(13-17)25-24(28)32-15-21-18-9-12-22(21)26(14-18)33(29,30)20-10-7-16(2)8-11-20/h4-8,10-11,13,18,21-22H,3,9,12,14-15H2,1-2H3,(H,25,28). The molecule has 8 nitrogen and oxygen atoms in total. The third-order valence-electron chi connectivity index (χ3n) is 6.37. The van der Waals surface area contributed by atoms with Gasteiger partial charge >= 0.3 is 12.1 Å². The number of nitrogens with one attached hydrogen (secondary N) is 1. The Labute approximate surface area is 193 Å². The van der Waals surface area contributed by atoms with Crippen molar-refractivity contribution in [2.45, 2.75) is 37.6 Å². The van der Waals surface area contributed by atoms with Crippen molar-refractivity contribution in [2.75, 3.05) is 25.1 Å². The van der Waals surface area contributed by atoms with E-state index in [9.17, 15) is 18.0 Å². The summed E-state index contributed by atoms with van der Waals surface area (Å²) in [5, 5.41) is 2.63. The molecule has 0 radical (unpaired) electrons. The van der Waals surface area contributed by atoms with Gasteiger partial charge in [-0.3, -0.25) is 5.32 Å². The number of sulfonamides is 1. The zero-order valence-electron chi connectivity index (χ0n) is 18.7. The lowest BCUT2D eigenvalue weighted by atomic mass is 9.99. The SMILES string of the molecule is CCOC(=O)c1cccc(NC(=O)OCC2C3CCC2N(S(=O)(=O)c2ccc(C)cc2)C3)c1. The van der Waals surface area contributed by atoms with Crippen molar-refractivity contribution in [1.29, 1.82) is 0 Å². The molecule has 4 rings (SSSR count). The Hall–Kier alpha value is -2.91. The molecule has 3 unspecified atom stereocenters. The van der Waals surface area contributed by atoms with Crippen molar-refractivity contribution in [3.63, 3.8) is 0 Å². The van der Waals surface area contributed by atoms with Gasteiger partial charge in [0.2, 0.25) is 10.0 Å². The van der Waals surface area contributed by atoms with Gasteiger partial charge in [-0.15, -0.1) is 0 Å². The number of rotatable bonds is 7. The molecule has 1 saturated heterocycles. The van der Waals surface area contributed by atoms with E-state index < -0.39 is 22.1 Å². The largest absolute Gasteiger partial charge is 0.462 e. The first-order chi connectivity index (χ1) is 15.8. The summed E-state index contributed by atoms with van der Waals surface area (Å²) in [6, 6.07) is 13.1. The molecule has 2 aromatic carbocycles. The fraction of sp³-hybridized carbons (Fsp3) is 0.417. The van der Waals surface area contributed by atoms with E-state index in [4.69, 9.17) is 9.47 Å². The van der Waals surface area contributed by atoms with Crippen LogP contribution in [0.25, 0.3) is 0 Å². The van der Waals surface area contributed by atoms with Crippen LogP contribution in [0.2, 0.25) is 0 Å². The van der Waals surface area contributed by atoms with Crippen LogP contribution in [0.1, 0.15) is 35.7 Å². The van der Waals surface area contributed by atoms with Crippen LogP contribution in [0.3, 0.4) is 0 Å². The Morgan fingerprint density at radius 2 is 1.85 bits per heavy atom. The fourth-order valence-corrected chi connectivity index (χ4v) is 6.47. The van der Waals surface area contributed by atoms with Gasteiger partial charge < -0.3 is 9.47 Å². The molecule has 2 aliphatic rings. The maximum Gasteiger partial charge on any atom is 0.411 e. The van der Waals surface area contributed by atoms with Gasteiger partial charge in [0.1, 0.15) is 0 Å². The first-order valence-corrected chi connectivity index (χ1v) is 12.5. The minimum absolute atomic E-state index is 0.0400. The average molecular weight is 473 g/mol. The van der Waals surface area contributed by atoms with Crippen LogP contribution in [0.5, 0.6) is 0 Å². The van der Waals surface area contributed by atoms with Gasteiger partial charge in [0.05, 0.1) is 23.7 Å². The number of ether oxygens (including phenoxy) is 2. The summed E-state index contributed by atoms with van der Waals surface area (Å²) in [6.45, 7) is 4.48. The summed E-state index contributed by atoms with van der Waals surface area (Å²) in [5.74, 6) is -0.344. The molecular weight excluding hydrogens is 444 g/mol. The smallest absolute Gasteiger partial charge is 0.411 e. The molecule has 33 heavy (non-hydrogen) atoms. The van der Waals surface area contributed by atoms with Crippen LogP contribution < -0.4 is 5.32 Å². The lowest BCUT2D eigenvalue weighted by Crippen LogP contribution is -2.39. The van der Waals surface area contributed by atoms with Crippen molar-refractivity contribution in [3.8, 4) is 0 Å².